The van der Waals surface area contributed by atoms with Crippen molar-refractivity contribution in [2.75, 3.05) is 17.2 Å². The van der Waals surface area contributed by atoms with Crippen LogP contribution in [0, 0.1) is 17.1 Å². The lowest BCUT2D eigenvalue weighted by atomic mass is 10.1. The van der Waals surface area contributed by atoms with Gasteiger partial charge in [-0.3, -0.25) is 9.59 Å². The van der Waals surface area contributed by atoms with E-state index < -0.39 is 17.6 Å². The zero-order chi connectivity index (χ0) is 23.8. The second-order valence-electron chi connectivity index (χ2n) is 6.63. The molecule has 0 unspecified atom stereocenters. The van der Waals surface area contributed by atoms with Crippen molar-refractivity contribution in [1.29, 1.82) is 5.26 Å². The lowest BCUT2D eigenvalue weighted by Gasteiger charge is -2.11. The van der Waals surface area contributed by atoms with E-state index in [2.05, 4.69) is 10.6 Å². The number of nitrogens with zero attached hydrogens (tertiary/aromatic N) is 1. The van der Waals surface area contributed by atoms with E-state index in [-0.39, 0.29) is 17.9 Å². The number of hydrogen-bond acceptors (Lipinski definition) is 4. The first kappa shape index (κ1) is 23.8. The van der Waals surface area contributed by atoms with Gasteiger partial charge in [-0.2, -0.15) is 5.26 Å². The van der Waals surface area contributed by atoms with Gasteiger partial charge in [0.25, 0.3) is 11.8 Å². The number of carbonyl (C=O) groups is 2. The minimum atomic E-state index is -0.675. The molecule has 3 aromatic rings. The zero-order valence-corrected chi connectivity index (χ0v) is 18.5. The fraction of sp³-hybridized carbons (Fsp3) is 0.0417. The number of nitriles is 1. The Morgan fingerprint density at radius 2 is 1.76 bits per heavy atom. The van der Waals surface area contributed by atoms with Gasteiger partial charge < -0.3 is 15.4 Å². The van der Waals surface area contributed by atoms with E-state index in [1.165, 1.54) is 42.5 Å². The average molecular weight is 484 g/mol. The second kappa shape index (κ2) is 11.1. The number of halogens is 3. The maximum absolute atomic E-state index is 13.0. The van der Waals surface area contributed by atoms with E-state index in [0.29, 0.717) is 27.0 Å². The number of anilines is 2. The monoisotopic (exact) mass is 483 g/mol. The molecule has 0 saturated carbocycles. The topological polar surface area (TPSA) is 91.2 Å². The van der Waals surface area contributed by atoms with Crippen molar-refractivity contribution in [2.45, 2.75) is 0 Å². The van der Waals surface area contributed by atoms with Gasteiger partial charge in [0.2, 0.25) is 0 Å². The summed E-state index contributed by atoms with van der Waals surface area (Å²) in [6.45, 7) is -0.368. The van der Waals surface area contributed by atoms with Crippen LogP contribution in [0.2, 0.25) is 10.0 Å². The summed E-state index contributed by atoms with van der Waals surface area (Å²) < 4.78 is 18.6. The number of benzene rings is 3. The summed E-state index contributed by atoms with van der Waals surface area (Å²) in [6.07, 6.45) is 1.30. The summed E-state index contributed by atoms with van der Waals surface area (Å²) in [7, 11) is 0. The van der Waals surface area contributed by atoms with Gasteiger partial charge in [-0.25, -0.2) is 4.39 Å². The number of rotatable bonds is 7. The molecular weight excluding hydrogens is 468 g/mol. The van der Waals surface area contributed by atoms with Gasteiger partial charge in [0.1, 0.15) is 23.2 Å². The maximum atomic E-state index is 13.0. The number of nitrogens with one attached hydrogen (secondary N) is 2. The first-order chi connectivity index (χ1) is 15.9. The van der Waals surface area contributed by atoms with Gasteiger partial charge in [-0.15, -0.1) is 0 Å². The van der Waals surface area contributed by atoms with Crippen molar-refractivity contribution in [3.8, 4) is 11.8 Å². The highest BCUT2D eigenvalue weighted by molar-refractivity contribution is 6.34. The van der Waals surface area contributed by atoms with E-state index in [0.717, 1.165) is 0 Å². The first-order valence-corrected chi connectivity index (χ1v) is 10.3. The van der Waals surface area contributed by atoms with Gasteiger partial charge in [0.05, 0.1) is 10.7 Å². The molecule has 3 rings (SSSR count). The highest BCUT2D eigenvalue weighted by atomic mass is 35.5. The van der Waals surface area contributed by atoms with E-state index in [1.54, 1.807) is 30.3 Å². The van der Waals surface area contributed by atoms with Crippen LogP contribution >= 0.6 is 23.2 Å². The Bertz CT molecular complexity index is 1250. The molecule has 2 N–H and O–H groups in total. The highest BCUT2D eigenvalue weighted by Gasteiger charge is 2.14. The normalized spacial score (nSPS) is 10.8. The van der Waals surface area contributed by atoms with Crippen LogP contribution in [0.15, 0.2) is 72.3 Å². The van der Waals surface area contributed by atoms with Crippen LogP contribution in [-0.4, -0.2) is 18.4 Å². The summed E-state index contributed by atoms with van der Waals surface area (Å²) in [4.78, 5) is 24.7. The molecule has 0 atom stereocenters. The maximum Gasteiger partial charge on any atom is 0.266 e. The van der Waals surface area contributed by atoms with Crippen molar-refractivity contribution >= 4 is 52.5 Å². The number of hydrogen-bond donors (Lipinski definition) is 2. The molecule has 9 heteroatoms. The van der Waals surface area contributed by atoms with Crippen LogP contribution < -0.4 is 15.4 Å². The van der Waals surface area contributed by atoms with E-state index in [9.17, 15) is 19.2 Å². The molecular formula is C24H16Cl2FN3O3. The second-order valence-corrected chi connectivity index (χ2v) is 7.47. The predicted molar refractivity (Wildman–Crippen MR) is 126 cm³/mol. The van der Waals surface area contributed by atoms with Crippen molar-refractivity contribution in [3.63, 3.8) is 0 Å². The van der Waals surface area contributed by atoms with Gasteiger partial charge in [0.15, 0.2) is 6.61 Å². The molecule has 0 radical (unpaired) electrons. The molecule has 33 heavy (non-hydrogen) atoms. The summed E-state index contributed by atoms with van der Waals surface area (Å²) in [5.74, 6) is -1.35. The van der Waals surface area contributed by atoms with Crippen LogP contribution in [0.1, 0.15) is 5.56 Å². The molecule has 2 amide bonds. The van der Waals surface area contributed by atoms with E-state index >= 15 is 0 Å². The molecule has 0 bridgehead atoms. The van der Waals surface area contributed by atoms with Crippen LogP contribution in [0.3, 0.4) is 0 Å². The Hall–Kier alpha value is -3.86. The van der Waals surface area contributed by atoms with Gasteiger partial charge in [-0.05, 0) is 60.7 Å². The third kappa shape index (κ3) is 6.81. The van der Waals surface area contributed by atoms with Crippen molar-refractivity contribution < 1.29 is 18.7 Å². The smallest absolute Gasteiger partial charge is 0.266 e. The van der Waals surface area contributed by atoms with Crippen LogP contribution in [0.4, 0.5) is 15.8 Å². The molecule has 0 saturated heterocycles. The fourth-order valence-electron chi connectivity index (χ4n) is 2.69. The lowest BCUT2D eigenvalue weighted by Crippen LogP contribution is -2.20. The van der Waals surface area contributed by atoms with Crippen LogP contribution in [0.5, 0.6) is 5.75 Å². The fourth-order valence-corrected chi connectivity index (χ4v) is 3.06. The summed E-state index contributed by atoms with van der Waals surface area (Å²) >= 11 is 12.1. The van der Waals surface area contributed by atoms with Crippen LogP contribution in [-0.2, 0) is 9.59 Å². The van der Waals surface area contributed by atoms with Gasteiger partial charge in [-0.1, -0.05) is 35.3 Å². The van der Waals surface area contributed by atoms with E-state index in [4.69, 9.17) is 27.9 Å². The van der Waals surface area contributed by atoms with Crippen molar-refractivity contribution in [2.24, 2.45) is 0 Å². The molecule has 3 aromatic carbocycles. The quantitative estimate of drug-likeness (QED) is 0.333. The number of ether oxygens (including phenoxy) is 1. The number of para-hydroxylation sites is 1. The molecule has 0 fully saturated rings. The molecule has 166 valence electrons. The third-order valence-electron chi connectivity index (χ3n) is 4.25. The van der Waals surface area contributed by atoms with Crippen molar-refractivity contribution in [1.82, 2.24) is 0 Å². The third-order valence-corrected chi connectivity index (χ3v) is 4.81. The Morgan fingerprint density at radius 3 is 2.45 bits per heavy atom. The molecule has 0 aliphatic rings. The molecule has 0 aliphatic carbocycles. The first-order valence-electron chi connectivity index (χ1n) is 9.51. The Morgan fingerprint density at radius 1 is 1.03 bits per heavy atom. The summed E-state index contributed by atoms with van der Waals surface area (Å²) in [6, 6.07) is 18.3. The van der Waals surface area contributed by atoms with E-state index in [1.807, 2.05) is 6.07 Å². The number of amides is 2. The molecule has 6 nitrogen and oxygen atoms in total. The highest BCUT2D eigenvalue weighted by Crippen LogP contribution is 2.26. The molecule has 0 aromatic heterocycles. The summed E-state index contributed by atoms with van der Waals surface area (Å²) in [5, 5.41) is 15.3. The average Bonchev–Trinajstić information content (AvgIpc) is 2.79. The minimum absolute atomic E-state index is 0.224. The number of carbonyl (C=O) groups excluding carboxylic acids is 2. The Balaban J connectivity index is 1.75. The van der Waals surface area contributed by atoms with Crippen LogP contribution in [0.25, 0.3) is 6.08 Å². The lowest BCUT2D eigenvalue weighted by molar-refractivity contribution is -0.118. The van der Waals surface area contributed by atoms with Crippen molar-refractivity contribution in [3.05, 3.63) is 93.7 Å². The Labute approximate surface area is 199 Å². The van der Waals surface area contributed by atoms with Gasteiger partial charge in [0, 0.05) is 16.3 Å². The predicted octanol–water partition coefficient (Wildman–Crippen LogP) is 5.70. The molecule has 0 spiro atoms. The summed E-state index contributed by atoms with van der Waals surface area (Å²) in [5.41, 5.74) is 0.857. The molecule has 0 heterocycles. The molecule has 0 aliphatic heterocycles. The van der Waals surface area contributed by atoms with Gasteiger partial charge >= 0.3 is 0 Å². The standard InChI is InChI=1S/C24H16Cl2FN3O3/c25-17-5-10-22(33-14-23(31)29-19-8-6-18(27)7-9-19)15(12-17)11-16(13-28)24(32)30-21-4-2-1-3-20(21)26/h1-12H,14H2,(H,29,31)(H,30,32)/b16-11+. The largest absolute Gasteiger partial charge is 0.483 e. The SMILES string of the molecule is N#C/C(=C\c1cc(Cl)ccc1OCC(=O)Nc1ccc(F)cc1)C(=O)Nc1ccccc1Cl. The minimum Gasteiger partial charge on any atom is -0.483 e. The Kier molecular flexibility index (Phi) is 8.03. The zero-order valence-electron chi connectivity index (χ0n) is 16.9.